The van der Waals surface area contributed by atoms with Crippen LogP contribution >= 0.6 is 0 Å². The van der Waals surface area contributed by atoms with Gasteiger partial charge >= 0.3 is 5.97 Å². The number of nitrogens with zero attached hydrogens (tertiary/aromatic N) is 2. The summed E-state index contributed by atoms with van der Waals surface area (Å²) < 4.78 is 4.99. The van der Waals surface area contributed by atoms with Crippen molar-refractivity contribution in [2.24, 2.45) is 0 Å². The van der Waals surface area contributed by atoms with E-state index in [2.05, 4.69) is 4.98 Å². The van der Waals surface area contributed by atoms with Crippen LogP contribution in [-0.2, 0) is 14.3 Å². The Hall–Kier alpha value is -2.17. The Morgan fingerprint density at radius 1 is 1.14 bits per heavy atom. The molecule has 0 aromatic carbocycles. The van der Waals surface area contributed by atoms with Gasteiger partial charge in [0.2, 0.25) is 0 Å². The van der Waals surface area contributed by atoms with Gasteiger partial charge in [0.15, 0.2) is 6.61 Å². The summed E-state index contributed by atoms with van der Waals surface area (Å²) in [5.74, 6) is -0.613. The Morgan fingerprint density at radius 2 is 1.81 bits per heavy atom. The number of esters is 1. The molecule has 1 aliphatic rings. The minimum absolute atomic E-state index is 0.109. The van der Waals surface area contributed by atoms with Crippen LogP contribution in [0.5, 0.6) is 0 Å². The SMILES string of the molecule is O=C(C=Cc1ccncc1)OCC(=O)N1CCCCCC1. The molecule has 0 bridgehead atoms. The number of amides is 1. The predicted molar refractivity (Wildman–Crippen MR) is 79.3 cm³/mol. The van der Waals surface area contributed by atoms with Gasteiger partial charge in [-0.3, -0.25) is 9.78 Å². The van der Waals surface area contributed by atoms with Gasteiger partial charge in [-0.15, -0.1) is 0 Å². The normalized spacial score (nSPS) is 15.7. The molecule has 1 aliphatic heterocycles. The van der Waals surface area contributed by atoms with Crippen LogP contribution in [0.15, 0.2) is 30.6 Å². The molecule has 5 heteroatoms. The third-order valence-corrected chi connectivity index (χ3v) is 3.41. The lowest BCUT2D eigenvalue weighted by molar-refractivity contribution is -0.148. The van der Waals surface area contributed by atoms with E-state index in [1.54, 1.807) is 35.5 Å². The molecule has 0 N–H and O–H groups in total. The average molecular weight is 288 g/mol. The molecule has 0 aliphatic carbocycles. The molecule has 112 valence electrons. The van der Waals surface area contributed by atoms with Gasteiger partial charge in [-0.25, -0.2) is 4.79 Å². The van der Waals surface area contributed by atoms with Crippen molar-refractivity contribution in [3.63, 3.8) is 0 Å². The Kier molecular flexibility index (Phi) is 5.94. The lowest BCUT2D eigenvalue weighted by Gasteiger charge is -2.19. The van der Waals surface area contributed by atoms with Crippen molar-refractivity contribution < 1.29 is 14.3 Å². The molecule has 2 heterocycles. The lowest BCUT2D eigenvalue weighted by atomic mass is 10.2. The molecular weight excluding hydrogens is 268 g/mol. The van der Waals surface area contributed by atoms with Crippen LogP contribution in [-0.4, -0.2) is 41.5 Å². The fourth-order valence-electron chi connectivity index (χ4n) is 2.23. The van der Waals surface area contributed by atoms with E-state index in [-0.39, 0.29) is 12.5 Å². The van der Waals surface area contributed by atoms with E-state index in [0.29, 0.717) is 0 Å². The van der Waals surface area contributed by atoms with Crippen molar-refractivity contribution in [1.29, 1.82) is 0 Å². The van der Waals surface area contributed by atoms with E-state index in [0.717, 1.165) is 44.3 Å². The van der Waals surface area contributed by atoms with Gasteiger partial charge in [-0.2, -0.15) is 0 Å². The Labute approximate surface area is 124 Å². The van der Waals surface area contributed by atoms with Crippen molar-refractivity contribution in [2.75, 3.05) is 19.7 Å². The molecule has 21 heavy (non-hydrogen) atoms. The molecule has 0 radical (unpaired) electrons. The topological polar surface area (TPSA) is 59.5 Å². The molecule has 5 nitrogen and oxygen atoms in total. The summed E-state index contributed by atoms with van der Waals surface area (Å²) in [7, 11) is 0. The fraction of sp³-hybridized carbons (Fsp3) is 0.438. The van der Waals surface area contributed by atoms with Crippen LogP contribution in [0, 0.1) is 0 Å². The largest absolute Gasteiger partial charge is 0.452 e. The van der Waals surface area contributed by atoms with Gasteiger partial charge in [0.25, 0.3) is 5.91 Å². The summed E-state index contributed by atoms with van der Waals surface area (Å²) in [4.78, 5) is 29.2. The number of rotatable bonds is 4. The lowest BCUT2D eigenvalue weighted by Crippen LogP contribution is -2.35. The third-order valence-electron chi connectivity index (χ3n) is 3.41. The first-order valence-corrected chi connectivity index (χ1v) is 7.28. The second-order valence-corrected chi connectivity index (χ2v) is 5.02. The number of hydrogen-bond donors (Lipinski definition) is 0. The van der Waals surface area contributed by atoms with Gasteiger partial charge < -0.3 is 9.64 Å². The molecule has 0 unspecified atom stereocenters. The quantitative estimate of drug-likeness (QED) is 0.628. The smallest absolute Gasteiger partial charge is 0.331 e. The highest BCUT2D eigenvalue weighted by atomic mass is 16.5. The zero-order chi connectivity index (χ0) is 14.9. The molecule has 1 amide bonds. The summed E-state index contributed by atoms with van der Waals surface area (Å²) in [6, 6.07) is 3.57. The summed E-state index contributed by atoms with van der Waals surface area (Å²) in [5, 5.41) is 0. The first-order chi connectivity index (χ1) is 10.3. The highest BCUT2D eigenvalue weighted by molar-refractivity contribution is 5.89. The standard InChI is InChI=1S/C16H20N2O3/c19-15(18-11-3-1-2-4-12-18)13-21-16(20)6-5-14-7-9-17-10-8-14/h5-10H,1-4,11-13H2. The number of carbonyl (C=O) groups is 2. The molecule has 1 aromatic heterocycles. The van der Waals surface area contributed by atoms with Gasteiger partial charge in [-0.05, 0) is 36.6 Å². The summed E-state index contributed by atoms with van der Waals surface area (Å²) in [5.41, 5.74) is 0.862. The van der Waals surface area contributed by atoms with Crippen molar-refractivity contribution in [3.05, 3.63) is 36.2 Å². The predicted octanol–water partition coefficient (Wildman–Crippen LogP) is 2.04. The molecule has 1 saturated heterocycles. The zero-order valence-electron chi connectivity index (χ0n) is 12.0. The molecule has 1 aromatic rings. The van der Waals surface area contributed by atoms with Crippen LogP contribution in [0.3, 0.4) is 0 Å². The van der Waals surface area contributed by atoms with Gasteiger partial charge in [0, 0.05) is 31.6 Å². The zero-order valence-corrected chi connectivity index (χ0v) is 12.0. The number of pyridine rings is 1. The number of likely N-dealkylation sites (tertiary alicyclic amines) is 1. The molecule has 0 saturated carbocycles. The summed E-state index contributed by atoms with van der Waals surface area (Å²) >= 11 is 0. The first kappa shape index (κ1) is 15.2. The maximum Gasteiger partial charge on any atom is 0.331 e. The van der Waals surface area contributed by atoms with Crippen LogP contribution in [0.2, 0.25) is 0 Å². The van der Waals surface area contributed by atoms with Crippen molar-refractivity contribution in [1.82, 2.24) is 9.88 Å². The van der Waals surface area contributed by atoms with E-state index in [1.165, 1.54) is 6.08 Å². The van der Waals surface area contributed by atoms with E-state index in [9.17, 15) is 9.59 Å². The van der Waals surface area contributed by atoms with Crippen LogP contribution < -0.4 is 0 Å². The van der Waals surface area contributed by atoms with Crippen molar-refractivity contribution in [3.8, 4) is 0 Å². The van der Waals surface area contributed by atoms with Crippen LogP contribution in [0.4, 0.5) is 0 Å². The molecule has 2 rings (SSSR count). The van der Waals surface area contributed by atoms with Gasteiger partial charge in [0.1, 0.15) is 0 Å². The highest BCUT2D eigenvalue weighted by Crippen LogP contribution is 2.09. The highest BCUT2D eigenvalue weighted by Gasteiger charge is 2.16. The maximum absolute atomic E-state index is 11.9. The van der Waals surface area contributed by atoms with Crippen LogP contribution in [0.1, 0.15) is 31.2 Å². The molecule has 0 spiro atoms. The molecule has 1 fully saturated rings. The van der Waals surface area contributed by atoms with Gasteiger partial charge in [0.05, 0.1) is 0 Å². The maximum atomic E-state index is 11.9. The van der Waals surface area contributed by atoms with E-state index in [1.807, 2.05) is 0 Å². The van der Waals surface area contributed by atoms with Crippen LogP contribution in [0.25, 0.3) is 6.08 Å². The van der Waals surface area contributed by atoms with E-state index < -0.39 is 5.97 Å². The molecule has 0 atom stereocenters. The Balaban J connectivity index is 1.75. The van der Waals surface area contributed by atoms with Gasteiger partial charge in [-0.1, -0.05) is 12.8 Å². The monoisotopic (exact) mass is 288 g/mol. The second kappa shape index (κ2) is 8.19. The Morgan fingerprint density at radius 3 is 2.48 bits per heavy atom. The third kappa shape index (κ3) is 5.38. The number of ether oxygens (including phenoxy) is 1. The number of carbonyl (C=O) groups excluding carboxylic acids is 2. The minimum atomic E-state index is -0.505. The summed E-state index contributed by atoms with van der Waals surface area (Å²) in [6.45, 7) is 1.35. The van der Waals surface area contributed by atoms with E-state index in [4.69, 9.17) is 4.74 Å². The first-order valence-electron chi connectivity index (χ1n) is 7.28. The summed E-state index contributed by atoms with van der Waals surface area (Å²) in [6.07, 6.45) is 10.6. The molecular formula is C16H20N2O3. The average Bonchev–Trinajstić information content (AvgIpc) is 2.81. The van der Waals surface area contributed by atoms with Crippen molar-refractivity contribution >= 4 is 18.0 Å². The van der Waals surface area contributed by atoms with Crippen molar-refractivity contribution in [2.45, 2.75) is 25.7 Å². The fourth-order valence-corrected chi connectivity index (χ4v) is 2.23. The number of hydrogen-bond acceptors (Lipinski definition) is 4. The minimum Gasteiger partial charge on any atom is -0.452 e. The second-order valence-electron chi connectivity index (χ2n) is 5.02. The van der Waals surface area contributed by atoms with E-state index >= 15 is 0 Å². The number of aromatic nitrogens is 1. The Bertz CT molecular complexity index is 492.